The van der Waals surface area contributed by atoms with Crippen molar-refractivity contribution in [2.75, 3.05) is 13.2 Å². The van der Waals surface area contributed by atoms with Crippen molar-refractivity contribution in [3.63, 3.8) is 0 Å². The second-order valence-corrected chi connectivity index (χ2v) is 4.39. The van der Waals surface area contributed by atoms with E-state index in [1.54, 1.807) is 0 Å². The van der Waals surface area contributed by atoms with Gasteiger partial charge in [-0.3, -0.25) is 0 Å². The Kier molecular flexibility index (Phi) is 6.20. The van der Waals surface area contributed by atoms with Gasteiger partial charge >= 0.3 is 0 Å². The highest BCUT2D eigenvalue weighted by molar-refractivity contribution is 9.10. The number of rotatable bonds is 4. The molecule has 9 heavy (non-hydrogen) atoms. The Balaban J connectivity index is 3.22. The van der Waals surface area contributed by atoms with E-state index in [1.165, 1.54) is 0 Å². The Morgan fingerprint density at radius 1 is 1.00 bits per heavy atom. The molecule has 0 rings (SSSR count). The molecule has 0 bridgehead atoms. The molecule has 0 aliphatic carbocycles. The first kappa shape index (κ1) is 9.88. The van der Waals surface area contributed by atoms with Crippen LogP contribution in [0.1, 0.15) is 6.42 Å². The summed E-state index contributed by atoms with van der Waals surface area (Å²) in [5.41, 5.74) is 0. The van der Waals surface area contributed by atoms with Crippen molar-refractivity contribution in [1.29, 1.82) is 0 Å². The molecule has 0 heterocycles. The fourth-order valence-corrected chi connectivity index (χ4v) is 1.83. The fraction of sp³-hybridized carbons (Fsp3) is 1.00. The molecule has 0 fully saturated rings. The molecule has 2 unspecified atom stereocenters. The average Bonchev–Trinajstić information content (AvgIpc) is 1.87. The van der Waals surface area contributed by atoms with Crippen molar-refractivity contribution in [2.24, 2.45) is 0 Å². The van der Waals surface area contributed by atoms with Crippen LogP contribution in [0, 0.1) is 0 Å². The Morgan fingerprint density at radius 3 is 1.56 bits per heavy atom. The fourth-order valence-electron chi connectivity index (χ4n) is 0.427. The summed E-state index contributed by atoms with van der Waals surface area (Å²) in [7, 11) is 0. The van der Waals surface area contributed by atoms with E-state index in [-0.39, 0.29) is 22.9 Å². The van der Waals surface area contributed by atoms with Gasteiger partial charge in [-0.15, -0.1) is 0 Å². The highest BCUT2D eigenvalue weighted by atomic mass is 79.9. The van der Waals surface area contributed by atoms with Gasteiger partial charge in [0, 0.05) is 9.65 Å². The summed E-state index contributed by atoms with van der Waals surface area (Å²) in [4.78, 5) is 0.183. The third kappa shape index (κ3) is 5.33. The zero-order valence-corrected chi connectivity index (χ0v) is 8.10. The highest BCUT2D eigenvalue weighted by Crippen LogP contribution is 2.12. The molecule has 2 N–H and O–H groups in total. The van der Waals surface area contributed by atoms with E-state index in [0.29, 0.717) is 0 Å². The highest BCUT2D eigenvalue weighted by Gasteiger charge is 2.08. The van der Waals surface area contributed by atoms with E-state index in [9.17, 15) is 0 Å². The van der Waals surface area contributed by atoms with Gasteiger partial charge in [0.25, 0.3) is 0 Å². The average molecular weight is 262 g/mol. The summed E-state index contributed by atoms with van der Waals surface area (Å²) in [5, 5.41) is 17.1. The van der Waals surface area contributed by atoms with Crippen molar-refractivity contribution in [3.05, 3.63) is 0 Å². The van der Waals surface area contributed by atoms with Gasteiger partial charge in [0.2, 0.25) is 0 Å². The number of halogens is 2. The third-order valence-electron chi connectivity index (χ3n) is 0.908. The van der Waals surface area contributed by atoms with Crippen LogP contribution in [0.4, 0.5) is 0 Å². The molecule has 0 amide bonds. The van der Waals surface area contributed by atoms with E-state index in [2.05, 4.69) is 31.9 Å². The minimum absolute atomic E-state index is 0.0917. The summed E-state index contributed by atoms with van der Waals surface area (Å²) in [6, 6.07) is 0. The first-order chi connectivity index (χ1) is 4.20. The summed E-state index contributed by atoms with van der Waals surface area (Å²) < 4.78 is 0. The molecule has 4 heteroatoms. The van der Waals surface area contributed by atoms with E-state index >= 15 is 0 Å². The molecule has 56 valence electrons. The van der Waals surface area contributed by atoms with Crippen molar-refractivity contribution in [1.82, 2.24) is 0 Å². The Bertz CT molecular complexity index is 62.0. The van der Waals surface area contributed by atoms with E-state index in [1.807, 2.05) is 0 Å². The van der Waals surface area contributed by atoms with Crippen LogP contribution >= 0.6 is 31.9 Å². The summed E-state index contributed by atoms with van der Waals surface area (Å²) in [6.07, 6.45) is 0.743. The SMILES string of the molecule is OCC(Br)CC(Br)CO. The van der Waals surface area contributed by atoms with Gasteiger partial charge < -0.3 is 10.2 Å². The van der Waals surface area contributed by atoms with Gasteiger partial charge in [0.1, 0.15) is 0 Å². The minimum atomic E-state index is 0.0917. The molecule has 0 saturated heterocycles. The standard InChI is InChI=1S/C5H10Br2O2/c6-4(2-8)1-5(7)3-9/h4-5,8-9H,1-3H2. The molecular formula is C5H10Br2O2. The van der Waals surface area contributed by atoms with Crippen LogP contribution in [0.2, 0.25) is 0 Å². The van der Waals surface area contributed by atoms with Gasteiger partial charge in [-0.2, -0.15) is 0 Å². The normalized spacial score (nSPS) is 17.3. The monoisotopic (exact) mass is 260 g/mol. The Morgan fingerprint density at radius 2 is 1.33 bits per heavy atom. The van der Waals surface area contributed by atoms with Gasteiger partial charge in [-0.1, -0.05) is 31.9 Å². The minimum Gasteiger partial charge on any atom is -0.395 e. The third-order valence-corrected chi connectivity index (χ3v) is 2.23. The number of hydrogen-bond donors (Lipinski definition) is 2. The molecular weight excluding hydrogens is 252 g/mol. The lowest BCUT2D eigenvalue weighted by Gasteiger charge is -2.08. The van der Waals surface area contributed by atoms with Crippen LogP contribution in [0.5, 0.6) is 0 Å². The predicted molar refractivity (Wildman–Crippen MR) is 44.2 cm³/mol. The number of alkyl halides is 2. The molecule has 0 aliphatic rings. The van der Waals surface area contributed by atoms with E-state index in [0.717, 1.165) is 6.42 Å². The molecule has 0 aromatic carbocycles. The molecule has 0 radical (unpaired) electrons. The van der Waals surface area contributed by atoms with Crippen LogP contribution in [0.3, 0.4) is 0 Å². The largest absolute Gasteiger partial charge is 0.395 e. The Hall–Kier alpha value is 0.880. The van der Waals surface area contributed by atoms with E-state index in [4.69, 9.17) is 10.2 Å². The van der Waals surface area contributed by atoms with E-state index < -0.39 is 0 Å². The molecule has 2 nitrogen and oxygen atoms in total. The zero-order chi connectivity index (χ0) is 7.28. The second-order valence-electron chi connectivity index (χ2n) is 1.80. The second kappa shape index (κ2) is 5.65. The predicted octanol–water partition coefficient (Wildman–Crippen LogP) is 0.888. The van der Waals surface area contributed by atoms with Gasteiger partial charge in [-0.25, -0.2) is 0 Å². The maximum absolute atomic E-state index is 8.53. The lowest BCUT2D eigenvalue weighted by atomic mass is 10.2. The van der Waals surface area contributed by atoms with Gasteiger partial charge in [0.05, 0.1) is 13.2 Å². The quantitative estimate of drug-likeness (QED) is 0.738. The lowest BCUT2D eigenvalue weighted by molar-refractivity contribution is 0.268. The van der Waals surface area contributed by atoms with Crippen molar-refractivity contribution in [3.8, 4) is 0 Å². The first-order valence-electron chi connectivity index (χ1n) is 2.70. The summed E-state index contributed by atoms with van der Waals surface area (Å²) >= 11 is 6.45. The zero-order valence-electron chi connectivity index (χ0n) is 4.93. The van der Waals surface area contributed by atoms with Crippen LogP contribution in [0.25, 0.3) is 0 Å². The van der Waals surface area contributed by atoms with Gasteiger partial charge in [0.15, 0.2) is 0 Å². The Labute approximate surface area is 71.5 Å². The van der Waals surface area contributed by atoms with Crippen LogP contribution < -0.4 is 0 Å². The molecule has 0 aromatic heterocycles. The number of aliphatic hydroxyl groups is 2. The molecule has 2 atom stereocenters. The molecule has 0 spiro atoms. The van der Waals surface area contributed by atoms with Crippen LogP contribution in [-0.2, 0) is 0 Å². The maximum Gasteiger partial charge on any atom is 0.0556 e. The smallest absolute Gasteiger partial charge is 0.0556 e. The van der Waals surface area contributed by atoms with Crippen molar-refractivity contribution in [2.45, 2.75) is 16.1 Å². The summed E-state index contributed by atoms with van der Waals surface area (Å²) in [5.74, 6) is 0. The maximum atomic E-state index is 8.53. The van der Waals surface area contributed by atoms with Crippen LogP contribution in [0.15, 0.2) is 0 Å². The van der Waals surface area contributed by atoms with Crippen molar-refractivity contribution >= 4 is 31.9 Å². The number of aliphatic hydroxyl groups excluding tert-OH is 2. The summed E-state index contributed by atoms with van der Waals surface area (Å²) in [6.45, 7) is 0.226. The van der Waals surface area contributed by atoms with Crippen molar-refractivity contribution < 1.29 is 10.2 Å². The molecule has 0 saturated carbocycles. The topological polar surface area (TPSA) is 40.5 Å². The van der Waals surface area contributed by atoms with Crippen LogP contribution in [-0.4, -0.2) is 33.1 Å². The lowest BCUT2D eigenvalue weighted by Crippen LogP contribution is -2.14. The first-order valence-corrected chi connectivity index (χ1v) is 4.53. The molecule has 0 aliphatic heterocycles. The van der Waals surface area contributed by atoms with Gasteiger partial charge in [-0.05, 0) is 6.42 Å². The molecule has 0 aromatic rings. The number of hydrogen-bond acceptors (Lipinski definition) is 2.